The Morgan fingerprint density at radius 2 is 1.86 bits per heavy atom. The molecule has 0 aromatic carbocycles. The van der Waals surface area contributed by atoms with E-state index in [0.717, 1.165) is 39.1 Å². The van der Waals surface area contributed by atoms with Crippen molar-refractivity contribution in [2.24, 2.45) is 11.8 Å². The summed E-state index contributed by atoms with van der Waals surface area (Å²) in [5, 5.41) is 11.0. The third kappa shape index (κ3) is 2.54. The van der Waals surface area contributed by atoms with Gasteiger partial charge in [-0.2, -0.15) is 0 Å². The van der Waals surface area contributed by atoms with Crippen LogP contribution in [0.1, 0.15) is 44.9 Å². The summed E-state index contributed by atoms with van der Waals surface area (Å²) < 4.78 is 11.6. The maximum Gasteiger partial charge on any atom is 0.0940 e. The topological polar surface area (TPSA) is 41.9 Å². The van der Waals surface area contributed by atoms with Gasteiger partial charge in [-0.15, -0.1) is 0 Å². The predicted octanol–water partition coefficient (Wildman–Crippen LogP) is 1.81. The van der Waals surface area contributed by atoms with Gasteiger partial charge in [0.25, 0.3) is 0 Å². The molecular weight excluding hydrogens is 266 g/mol. The molecule has 4 aliphatic heterocycles. The Balaban J connectivity index is 1.41. The predicted molar refractivity (Wildman–Crippen MR) is 80.1 cm³/mol. The highest BCUT2D eigenvalue weighted by atomic mass is 16.6. The minimum absolute atomic E-state index is 0.0751. The van der Waals surface area contributed by atoms with Gasteiger partial charge >= 0.3 is 0 Å². The van der Waals surface area contributed by atoms with Gasteiger partial charge in [-0.05, 0) is 57.4 Å². The van der Waals surface area contributed by atoms with Crippen LogP contribution >= 0.6 is 0 Å². The molecule has 4 aliphatic rings. The molecule has 4 heterocycles. The molecule has 0 saturated carbocycles. The lowest BCUT2D eigenvalue weighted by molar-refractivity contribution is -0.127. The summed E-state index contributed by atoms with van der Waals surface area (Å²) >= 11 is 0. The van der Waals surface area contributed by atoms with Gasteiger partial charge in [0.15, 0.2) is 0 Å². The zero-order chi connectivity index (χ0) is 14.4. The Kier molecular flexibility index (Phi) is 3.77. The first-order valence-corrected chi connectivity index (χ1v) is 8.79. The van der Waals surface area contributed by atoms with Crippen molar-refractivity contribution in [3.63, 3.8) is 0 Å². The van der Waals surface area contributed by atoms with Crippen LogP contribution in [0, 0.1) is 11.8 Å². The molecule has 0 radical (unpaired) electrons. The van der Waals surface area contributed by atoms with Crippen molar-refractivity contribution in [2.45, 2.75) is 68.7 Å². The van der Waals surface area contributed by atoms with E-state index in [0.29, 0.717) is 23.9 Å². The quantitative estimate of drug-likeness (QED) is 0.843. The summed E-state index contributed by atoms with van der Waals surface area (Å²) in [7, 11) is 2.27. The van der Waals surface area contributed by atoms with Crippen LogP contribution in [0.25, 0.3) is 0 Å². The lowest BCUT2D eigenvalue weighted by Crippen LogP contribution is -2.48. The Morgan fingerprint density at radius 3 is 2.52 bits per heavy atom. The SMILES string of the molecule is CN1C2CCC1CC(C(O)C1CCOC3(CCOC3)C1)C2. The average molecular weight is 295 g/mol. The van der Waals surface area contributed by atoms with E-state index in [1.54, 1.807) is 0 Å². The molecule has 4 rings (SSSR count). The fourth-order valence-corrected chi connectivity index (χ4v) is 5.34. The lowest BCUT2D eigenvalue weighted by Gasteiger charge is -2.44. The van der Waals surface area contributed by atoms with Gasteiger partial charge in [-0.3, -0.25) is 0 Å². The Labute approximate surface area is 127 Å². The van der Waals surface area contributed by atoms with Gasteiger partial charge in [0.1, 0.15) is 0 Å². The molecule has 0 aromatic heterocycles. The molecule has 4 nitrogen and oxygen atoms in total. The van der Waals surface area contributed by atoms with Crippen LogP contribution in [0.3, 0.4) is 0 Å². The molecule has 1 N–H and O–H groups in total. The van der Waals surface area contributed by atoms with E-state index < -0.39 is 0 Å². The van der Waals surface area contributed by atoms with Crippen molar-refractivity contribution < 1.29 is 14.6 Å². The van der Waals surface area contributed by atoms with Gasteiger partial charge in [0, 0.05) is 31.7 Å². The molecule has 1 spiro atoms. The molecule has 4 heteroatoms. The second-order valence-electron chi connectivity index (χ2n) is 7.86. The third-order valence-corrected chi connectivity index (χ3v) is 6.70. The largest absolute Gasteiger partial charge is 0.393 e. The number of piperidine rings is 1. The summed E-state index contributed by atoms with van der Waals surface area (Å²) in [5.74, 6) is 0.912. The van der Waals surface area contributed by atoms with Crippen molar-refractivity contribution >= 4 is 0 Å². The van der Waals surface area contributed by atoms with Crippen molar-refractivity contribution in [3.05, 3.63) is 0 Å². The summed E-state index contributed by atoms with van der Waals surface area (Å²) in [4.78, 5) is 2.56. The number of fused-ring (bicyclic) bond motifs is 2. The lowest BCUT2D eigenvalue weighted by atomic mass is 9.75. The number of nitrogens with zero attached hydrogens (tertiary/aromatic N) is 1. The highest BCUT2D eigenvalue weighted by Gasteiger charge is 2.47. The van der Waals surface area contributed by atoms with Crippen molar-refractivity contribution in [1.82, 2.24) is 4.90 Å². The molecule has 5 unspecified atom stereocenters. The van der Waals surface area contributed by atoms with Gasteiger partial charge in [0.05, 0.1) is 18.3 Å². The summed E-state index contributed by atoms with van der Waals surface area (Å²) in [6.45, 7) is 2.35. The second kappa shape index (κ2) is 5.48. The fraction of sp³-hybridized carbons (Fsp3) is 1.00. The van der Waals surface area contributed by atoms with E-state index in [9.17, 15) is 5.11 Å². The van der Waals surface area contributed by atoms with E-state index in [4.69, 9.17) is 9.47 Å². The highest BCUT2D eigenvalue weighted by Crippen LogP contribution is 2.44. The number of ether oxygens (including phenoxy) is 2. The molecule has 5 atom stereocenters. The first-order valence-electron chi connectivity index (χ1n) is 8.79. The number of aliphatic hydroxyl groups excluding tert-OH is 1. The highest BCUT2D eigenvalue weighted by molar-refractivity contribution is 4.98. The zero-order valence-corrected chi connectivity index (χ0v) is 13.2. The second-order valence-corrected chi connectivity index (χ2v) is 7.86. The molecule has 0 aromatic rings. The van der Waals surface area contributed by atoms with Crippen LogP contribution < -0.4 is 0 Å². The summed E-state index contributed by atoms with van der Waals surface area (Å²) in [6, 6.07) is 1.43. The molecule has 21 heavy (non-hydrogen) atoms. The van der Waals surface area contributed by atoms with Gasteiger partial charge in [-0.1, -0.05) is 0 Å². The van der Waals surface area contributed by atoms with Crippen LogP contribution in [0.15, 0.2) is 0 Å². The normalized spacial score (nSPS) is 48.9. The first-order chi connectivity index (χ1) is 10.2. The van der Waals surface area contributed by atoms with E-state index in [1.165, 1.54) is 25.7 Å². The van der Waals surface area contributed by atoms with Crippen LogP contribution in [0.5, 0.6) is 0 Å². The maximum absolute atomic E-state index is 11.0. The van der Waals surface area contributed by atoms with E-state index in [-0.39, 0.29) is 11.7 Å². The minimum Gasteiger partial charge on any atom is -0.393 e. The van der Waals surface area contributed by atoms with Gasteiger partial charge in [0.2, 0.25) is 0 Å². The van der Waals surface area contributed by atoms with Crippen molar-refractivity contribution in [1.29, 1.82) is 0 Å². The van der Waals surface area contributed by atoms with Crippen LogP contribution in [-0.2, 0) is 9.47 Å². The number of hydrogen-bond acceptors (Lipinski definition) is 4. The van der Waals surface area contributed by atoms with Gasteiger partial charge in [-0.25, -0.2) is 0 Å². The van der Waals surface area contributed by atoms with E-state index in [1.807, 2.05) is 0 Å². The molecule has 0 aliphatic carbocycles. The molecular formula is C17H29NO3. The van der Waals surface area contributed by atoms with Gasteiger partial charge < -0.3 is 19.5 Å². The van der Waals surface area contributed by atoms with E-state index >= 15 is 0 Å². The minimum atomic E-state index is -0.136. The Bertz CT molecular complexity index is 368. The zero-order valence-electron chi connectivity index (χ0n) is 13.2. The van der Waals surface area contributed by atoms with Crippen LogP contribution in [-0.4, -0.2) is 60.7 Å². The molecule has 0 amide bonds. The standard InChI is InChI=1S/C17H29NO3/c1-18-14-2-3-15(18)9-13(8-14)16(19)12-4-6-21-17(10-12)5-7-20-11-17/h12-16,19H,2-11H2,1H3. The fourth-order valence-electron chi connectivity index (χ4n) is 5.34. The first kappa shape index (κ1) is 14.4. The average Bonchev–Trinajstić information content (AvgIpc) is 2.99. The molecule has 4 saturated heterocycles. The summed E-state index contributed by atoms with van der Waals surface area (Å²) in [6.07, 6.45) is 7.92. The smallest absolute Gasteiger partial charge is 0.0940 e. The van der Waals surface area contributed by atoms with Crippen LogP contribution in [0.4, 0.5) is 0 Å². The van der Waals surface area contributed by atoms with Crippen molar-refractivity contribution in [3.8, 4) is 0 Å². The Morgan fingerprint density at radius 1 is 1.10 bits per heavy atom. The molecule has 4 fully saturated rings. The summed E-state index contributed by atoms with van der Waals surface area (Å²) in [5.41, 5.74) is -0.0751. The van der Waals surface area contributed by atoms with Crippen molar-refractivity contribution in [2.75, 3.05) is 26.9 Å². The Hall–Kier alpha value is -0.160. The van der Waals surface area contributed by atoms with Crippen LogP contribution in [0.2, 0.25) is 0 Å². The number of hydrogen-bond donors (Lipinski definition) is 1. The number of rotatable bonds is 2. The number of aliphatic hydroxyl groups is 1. The molecule has 2 bridgehead atoms. The van der Waals surface area contributed by atoms with E-state index in [2.05, 4.69) is 11.9 Å². The molecule has 120 valence electrons. The maximum atomic E-state index is 11.0. The monoisotopic (exact) mass is 295 g/mol. The third-order valence-electron chi connectivity index (χ3n) is 6.70.